The largest absolute Gasteiger partial charge is 0.350 e. The summed E-state index contributed by atoms with van der Waals surface area (Å²) in [5, 5.41) is 2.77. The molecule has 116 valence electrons. The monoisotopic (exact) mass is 309 g/mol. The Balaban J connectivity index is 1.71. The molecule has 1 heterocycles. The van der Waals surface area contributed by atoms with Crippen LogP contribution < -0.4 is 5.32 Å². The number of carbonyl (C=O) groups is 1. The van der Waals surface area contributed by atoms with Crippen LogP contribution in [-0.4, -0.2) is 22.4 Å². The summed E-state index contributed by atoms with van der Waals surface area (Å²) in [5.74, 6) is -0.555. The second-order valence-corrected chi connectivity index (χ2v) is 5.24. The van der Waals surface area contributed by atoms with Gasteiger partial charge >= 0.3 is 0 Å². The lowest BCUT2D eigenvalue weighted by Gasteiger charge is -2.08. The van der Waals surface area contributed by atoms with E-state index in [2.05, 4.69) is 15.3 Å². The zero-order valence-corrected chi connectivity index (χ0v) is 12.7. The molecule has 1 aromatic heterocycles. The first-order valence-electron chi connectivity index (χ1n) is 7.40. The van der Waals surface area contributed by atoms with E-state index in [9.17, 15) is 9.18 Å². The maximum Gasteiger partial charge on any atom is 0.271 e. The number of nitrogens with zero attached hydrogens (tertiary/aromatic N) is 2. The van der Waals surface area contributed by atoms with Crippen molar-refractivity contribution in [2.45, 2.75) is 13.3 Å². The number of fused-ring (bicyclic) bond motifs is 1. The summed E-state index contributed by atoms with van der Waals surface area (Å²) in [7, 11) is 0. The van der Waals surface area contributed by atoms with Crippen LogP contribution in [-0.2, 0) is 6.42 Å². The molecule has 0 fully saturated rings. The second kappa shape index (κ2) is 6.52. The lowest BCUT2D eigenvalue weighted by molar-refractivity contribution is 0.0948. The van der Waals surface area contributed by atoms with Gasteiger partial charge in [0.1, 0.15) is 11.5 Å². The van der Waals surface area contributed by atoms with Gasteiger partial charge in [-0.05, 0) is 37.1 Å². The van der Waals surface area contributed by atoms with Gasteiger partial charge in [0.05, 0.1) is 16.7 Å². The van der Waals surface area contributed by atoms with E-state index in [0.717, 1.165) is 5.52 Å². The molecular weight excluding hydrogens is 293 g/mol. The Labute approximate surface area is 133 Å². The number of rotatable bonds is 4. The van der Waals surface area contributed by atoms with Crippen LogP contribution in [0.15, 0.2) is 48.5 Å². The highest BCUT2D eigenvalue weighted by Crippen LogP contribution is 2.12. The van der Waals surface area contributed by atoms with Gasteiger partial charge in [0.2, 0.25) is 0 Å². The van der Waals surface area contributed by atoms with Crippen LogP contribution in [0.25, 0.3) is 11.0 Å². The molecule has 0 aliphatic heterocycles. The average Bonchev–Trinajstić information content (AvgIpc) is 2.56. The molecule has 0 radical (unpaired) electrons. The van der Waals surface area contributed by atoms with Crippen LogP contribution in [0.4, 0.5) is 4.39 Å². The molecule has 4 nitrogen and oxygen atoms in total. The minimum atomic E-state index is -0.294. The summed E-state index contributed by atoms with van der Waals surface area (Å²) in [6.45, 7) is 2.10. The lowest BCUT2D eigenvalue weighted by atomic mass is 10.1. The molecular formula is C18H16FN3O. The topological polar surface area (TPSA) is 54.9 Å². The Morgan fingerprint density at radius 1 is 1.04 bits per heavy atom. The van der Waals surface area contributed by atoms with Crippen molar-refractivity contribution in [2.75, 3.05) is 6.54 Å². The van der Waals surface area contributed by atoms with Crippen molar-refractivity contribution in [3.05, 3.63) is 71.3 Å². The van der Waals surface area contributed by atoms with E-state index >= 15 is 0 Å². The van der Waals surface area contributed by atoms with E-state index in [0.29, 0.717) is 35.4 Å². The highest BCUT2D eigenvalue weighted by Gasteiger charge is 2.13. The van der Waals surface area contributed by atoms with Crippen molar-refractivity contribution >= 4 is 16.9 Å². The molecule has 0 bridgehead atoms. The molecule has 3 aromatic rings. The van der Waals surface area contributed by atoms with E-state index in [4.69, 9.17) is 0 Å². The maximum absolute atomic E-state index is 13.5. The van der Waals surface area contributed by atoms with Gasteiger partial charge in [0.15, 0.2) is 0 Å². The summed E-state index contributed by atoms with van der Waals surface area (Å²) in [6.07, 6.45) is 0.429. The molecule has 3 rings (SSSR count). The van der Waals surface area contributed by atoms with Gasteiger partial charge in [-0.2, -0.15) is 0 Å². The van der Waals surface area contributed by atoms with Crippen LogP contribution >= 0.6 is 0 Å². The van der Waals surface area contributed by atoms with Crippen molar-refractivity contribution in [3.8, 4) is 0 Å². The Hall–Kier alpha value is -2.82. The molecule has 0 aliphatic rings. The number of halogens is 1. The van der Waals surface area contributed by atoms with Gasteiger partial charge in [-0.25, -0.2) is 14.4 Å². The zero-order chi connectivity index (χ0) is 16.2. The Morgan fingerprint density at radius 3 is 2.43 bits per heavy atom. The van der Waals surface area contributed by atoms with Crippen molar-refractivity contribution in [1.29, 1.82) is 0 Å². The minimum absolute atomic E-state index is 0.261. The average molecular weight is 309 g/mol. The Kier molecular flexibility index (Phi) is 4.28. The van der Waals surface area contributed by atoms with Crippen LogP contribution in [0.5, 0.6) is 0 Å². The number of para-hydroxylation sites is 2. The van der Waals surface area contributed by atoms with Gasteiger partial charge in [-0.15, -0.1) is 0 Å². The van der Waals surface area contributed by atoms with Gasteiger partial charge in [0, 0.05) is 6.54 Å². The normalized spacial score (nSPS) is 10.7. The fraction of sp³-hybridized carbons (Fsp3) is 0.167. The fourth-order valence-corrected chi connectivity index (χ4v) is 2.40. The predicted molar refractivity (Wildman–Crippen MR) is 86.7 cm³/mol. The summed E-state index contributed by atoms with van der Waals surface area (Å²) in [4.78, 5) is 21.0. The number of aryl methyl sites for hydroxylation is 1. The van der Waals surface area contributed by atoms with Crippen LogP contribution in [0.3, 0.4) is 0 Å². The smallest absolute Gasteiger partial charge is 0.271 e. The van der Waals surface area contributed by atoms with Crippen molar-refractivity contribution in [3.63, 3.8) is 0 Å². The number of nitrogens with one attached hydrogen (secondary N) is 1. The van der Waals surface area contributed by atoms with E-state index in [1.165, 1.54) is 6.07 Å². The summed E-state index contributed by atoms with van der Waals surface area (Å²) < 4.78 is 13.5. The molecule has 0 saturated carbocycles. The van der Waals surface area contributed by atoms with E-state index in [-0.39, 0.29) is 11.7 Å². The van der Waals surface area contributed by atoms with E-state index < -0.39 is 0 Å². The van der Waals surface area contributed by atoms with Gasteiger partial charge in [-0.3, -0.25) is 4.79 Å². The van der Waals surface area contributed by atoms with E-state index in [1.54, 1.807) is 25.1 Å². The number of hydrogen-bond donors (Lipinski definition) is 1. The number of benzene rings is 2. The maximum atomic E-state index is 13.5. The van der Waals surface area contributed by atoms with Gasteiger partial charge < -0.3 is 5.32 Å². The highest BCUT2D eigenvalue weighted by molar-refractivity contribution is 5.95. The molecule has 0 aliphatic carbocycles. The third-order valence-corrected chi connectivity index (χ3v) is 3.60. The quantitative estimate of drug-likeness (QED) is 0.806. The SMILES string of the molecule is Cc1nc2ccccc2nc1C(=O)NCCc1ccccc1F. The molecule has 1 amide bonds. The van der Waals surface area contributed by atoms with Crippen molar-refractivity contribution < 1.29 is 9.18 Å². The summed E-state index contributed by atoms with van der Waals surface area (Å²) >= 11 is 0. The predicted octanol–water partition coefficient (Wildman–Crippen LogP) is 3.05. The fourth-order valence-electron chi connectivity index (χ4n) is 2.40. The number of aromatic nitrogens is 2. The number of carbonyl (C=O) groups excluding carboxylic acids is 1. The molecule has 23 heavy (non-hydrogen) atoms. The summed E-state index contributed by atoms with van der Waals surface area (Å²) in [5.41, 5.74) is 2.89. The molecule has 0 atom stereocenters. The third kappa shape index (κ3) is 3.34. The molecule has 1 N–H and O–H groups in total. The van der Waals surface area contributed by atoms with E-state index in [1.807, 2.05) is 24.3 Å². The minimum Gasteiger partial charge on any atom is -0.350 e. The Bertz CT molecular complexity index is 864. The highest BCUT2D eigenvalue weighted by atomic mass is 19.1. The van der Waals surface area contributed by atoms with Crippen LogP contribution in [0, 0.1) is 12.7 Å². The first-order chi connectivity index (χ1) is 11.1. The third-order valence-electron chi connectivity index (χ3n) is 3.60. The van der Waals surface area contributed by atoms with Crippen LogP contribution in [0.2, 0.25) is 0 Å². The number of amides is 1. The summed E-state index contributed by atoms with van der Waals surface area (Å²) in [6, 6.07) is 14.0. The van der Waals surface area contributed by atoms with Gasteiger partial charge in [0.25, 0.3) is 5.91 Å². The second-order valence-electron chi connectivity index (χ2n) is 5.24. The standard InChI is InChI=1S/C18H16FN3O/c1-12-17(22-16-9-5-4-8-15(16)21-12)18(23)20-11-10-13-6-2-3-7-14(13)19/h2-9H,10-11H2,1H3,(H,20,23). The first kappa shape index (κ1) is 15.1. The van der Waals surface area contributed by atoms with Gasteiger partial charge in [-0.1, -0.05) is 30.3 Å². The number of hydrogen-bond acceptors (Lipinski definition) is 3. The first-order valence-corrected chi connectivity index (χ1v) is 7.40. The van der Waals surface area contributed by atoms with Crippen molar-refractivity contribution in [2.24, 2.45) is 0 Å². The lowest BCUT2D eigenvalue weighted by Crippen LogP contribution is -2.27. The molecule has 5 heteroatoms. The zero-order valence-electron chi connectivity index (χ0n) is 12.7. The molecule has 0 unspecified atom stereocenters. The Morgan fingerprint density at radius 2 is 1.70 bits per heavy atom. The molecule has 0 spiro atoms. The van der Waals surface area contributed by atoms with Crippen LogP contribution in [0.1, 0.15) is 21.7 Å². The molecule has 0 saturated heterocycles. The molecule has 2 aromatic carbocycles. The van der Waals surface area contributed by atoms with Crippen molar-refractivity contribution in [1.82, 2.24) is 15.3 Å².